The maximum atomic E-state index is 13.7. The van der Waals surface area contributed by atoms with Crippen molar-refractivity contribution < 1.29 is 9.50 Å². The molecule has 0 amide bonds. The van der Waals surface area contributed by atoms with Gasteiger partial charge in [0.25, 0.3) is 0 Å². The van der Waals surface area contributed by atoms with Gasteiger partial charge in [-0.1, -0.05) is 35.9 Å². The molecule has 0 saturated heterocycles. The van der Waals surface area contributed by atoms with Crippen molar-refractivity contribution in [3.05, 3.63) is 64.4 Å². The molecule has 0 bridgehead atoms. The van der Waals surface area contributed by atoms with Gasteiger partial charge in [-0.15, -0.1) is 11.8 Å². The standard InChI is InChI=1S/C15H14ClFOS/c1-19-15-8-3-2-5-10(15)14(18)9-11-12(16)6-4-7-13(11)17/h2-8,14,18H,9H2,1H3. The van der Waals surface area contributed by atoms with Gasteiger partial charge in [-0.3, -0.25) is 0 Å². The van der Waals surface area contributed by atoms with Crippen molar-refractivity contribution >= 4 is 23.4 Å². The molecule has 1 atom stereocenters. The average molecular weight is 297 g/mol. The number of halogens is 2. The highest BCUT2D eigenvalue weighted by molar-refractivity contribution is 7.98. The fourth-order valence-electron chi connectivity index (χ4n) is 1.97. The quantitative estimate of drug-likeness (QED) is 0.840. The summed E-state index contributed by atoms with van der Waals surface area (Å²) in [6.45, 7) is 0. The largest absolute Gasteiger partial charge is 0.388 e. The van der Waals surface area contributed by atoms with Gasteiger partial charge in [0, 0.05) is 21.9 Å². The number of rotatable bonds is 4. The van der Waals surface area contributed by atoms with Gasteiger partial charge in [0.05, 0.1) is 6.10 Å². The number of aliphatic hydroxyl groups is 1. The normalized spacial score (nSPS) is 12.4. The maximum Gasteiger partial charge on any atom is 0.127 e. The second kappa shape index (κ2) is 6.42. The molecule has 0 radical (unpaired) electrons. The van der Waals surface area contributed by atoms with E-state index >= 15 is 0 Å². The zero-order valence-corrected chi connectivity index (χ0v) is 12.0. The molecule has 19 heavy (non-hydrogen) atoms. The molecule has 0 aliphatic rings. The summed E-state index contributed by atoms with van der Waals surface area (Å²) in [4.78, 5) is 0.988. The molecule has 0 aliphatic heterocycles. The van der Waals surface area contributed by atoms with Crippen molar-refractivity contribution in [3.63, 3.8) is 0 Å². The maximum absolute atomic E-state index is 13.7. The molecule has 2 aromatic carbocycles. The Morgan fingerprint density at radius 2 is 1.95 bits per heavy atom. The Morgan fingerprint density at radius 3 is 2.63 bits per heavy atom. The molecular formula is C15H14ClFOS. The Labute approximate surface area is 121 Å². The van der Waals surface area contributed by atoms with Crippen molar-refractivity contribution in [2.75, 3.05) is 6.26 Å². The second-order valence-electron chi connectivity index (χ2n) is 4.16. The lowest BCUT2D eigenvalue weighted by Crippen LogP contribution is -2.05. The molecule has 0 aromatic heterocycles. The molecule has 0 fully saturated rings. The number of thioether (sulfide) groups is 1. The fraction of sp³-hybridized carbons (Fsp3) is 0.200. The molecule has 0 heterocycles. The van der Waals surface area contributed by atoms with Gasteiger partial charge < -0.3 is 5.11 Å². The van der Waals surface area contributed by atoms with Gasteiger partial charge in [-0.05, 0) is 30.0 Å². The van der Waals surface area contributed by atoms with E-state index in [1.54, 1.807) is 23.9 Å². The van der Waals surface area contributed by atoms with E-state index in [9.17, 15) is 9.50 Å². The molecule has 2 aromatic rings. The van der Waals surface area contributed by atoms with Crippen LogP contribution in [0.15, 0.2) is 47.4 Å². The van der Waals surface area contributed by atoms with Crippen LogP contribution in [0.5, 0.6) is 0 Å². The summed E-state index contributed by atoms with van der Waals surface area (Å²) in [7, 11) is 0. The van der Waals surface area contributed by atoms with Crippen LogP contribution in [0.1, 0.15) is 17.2 Å². The Kier molecular flexibility index (Phi) is 4.86. The van der Waals surface area contributed by atoms with Crippen LogP contribution in [0.25, 0.3) is 0 Å². The second-order valence-corrected chi connectivity index (χ2v) is 5.42. The van der Waals surface area contributed by atoms with E-state index in [0.717, 1.165) is 10.5 Å². The monoisotopic (exact) mass is 296 g/mol. The third kappa shape index (κ3) is 3.30. The van der Waals surface area contributed by atoms with Crippen LogP contribution in [0.3, 0.4) is 0 Å². The molecule has 1 unspecified atom stereocenters. The van der Waals surface area contributed by atoms with Crippen molar-refractivity contribution in [2.24, 2.45) is 0 Å². The van der Waals surface area contributed by atoms with Crippen LogP contribution in [-0.2, 0) is 6.42 Å². The van der Waals surface area contributed by atoms with E-state index in [-0.39, 0.29) is 12.2 Å². The lowest BCUT2D eigenvalue weighted by molar-refractivity contribution is 0.174. The van der Waals surface area contributed by atoms with Crippen LogP contribution in [0, 0.1) is 5.82 Å². The van der Waals surface area contributed by atoms with E-state index in [2.05, 4.69) is 0 Å². The molecule has 0 saturated carbocycles. The average Bonchev–Trinajstić information content (AvgIpc) is 2.42. The summed E-state index contributed by atoms with van der Waals surface area (Å²) < 4.78 is 13.7. The van der Waals surface area contributed by atoms with Gasteiger partial charge in [-0.2, -0.15) is 0 Å². The van der Waals surface area contributed by atoms with Crippen molar-refractivity contribution in [1.29, 1.82) is 0 Å². The predicted octanol–water partition coefficient (Wildman–Crippen LogP) is 4.48. The van der Waals surface area contributed by atoms with E-state index in [1.807, 2.05) is 30.5 Å². The first kappa shape index (κ1) is 14.4. The van der Waals surface area contributed by atoms with Gasteiger partial charge >= 0.3 is 0 Å². The Morgan fingerprint density at radius 1 is 1.21 bits per heavy atom. The molecule has 1 N–H and O–H groups in total. The minimum Gasteiger partial charge on any atom is -0.388 e. The topological polar surface area (TPSA) is 20.2 Å². The van der Waals surface area contributed by atoms with E-state index < -0.39 is 6.10 Å². The number of hydrogen-bond acceptors (Lipinski definition) is 2. The number of benzene rings is 2. The summed E-state index contributed by atoms with van der Waals surface area (Å²) in [5.74, 6) is -0.381. The smallest absolute Gasteiger partial charge is 0.127 e. The van der Waals surface area contributed by atoms with Crippen LogP contribution in [0.2, 0.25) is 5.02 Å². The van der Waals surface area contributed by atoms with Crippen LogP contribution in [-0.4, -0.2) is 11.4 Å². The van der Waals surface area contributed by atoms with Gasteiger partial charge in [0.2, 0.25) is 0 Å². The lowest BCUT2D eigenvalue weighted by Gasteiger charge is -2.15. The van der Waals surface area contributed by atoms with Crippen LogP contribution < -0.4 is 0 Å². The van der Waals surface area contributed by atoms with Crippen LogP contribution in [0.4, 0.5) is 4.39 Å². The first-order valence-electron chi connectivity index (χ1n) is 5.87. The highest BCUT2D eigenvalue weighted by Crippen LogP contribution is 2.30. The third-order valence-corrected chi connectivity index (χ3v) is 4.12. The predicted molar refractivity (Wildman–Crippen MR) is 78.3 cm³/mol. The SMILES string of the molecule is CSc1ccccc1C(O)Cc1c(F)cccc1Cl. The summed E-state index contributed by atoms with van der Waals surface area (Å²) in [5, 5.41) is 10.6. The zero-order valence-electron chi connectivity index (χ0n) is 10.4. The van der Waals surface area contributed by atoms with Crippen molar-refractivity contribution in [2.45, 2.75) is 17.4 Å². The summed E-state index contributed by atoms with van der Waals surface area (Å²) in [6.07, 6.45) is 1.35. The molecule has 0 aliphatic carbocycles. The number of aliphatic hydroxyl groups excluding tert-OH is 1. The Balaban J connectivity index is 2.28. The van der Waals surface area contributed by atoms with Crippen molar-refractivity contribution in [1.82, 2.24) is 0 Å². The van der Waals surface area contributed by atoms with E-state index in [0.29, 0.717) is 10.6 Å². The molecule has 4 heteroatoms. The van der Waals surface area contributed by atoms with Crippen LogP contribution >= 0.6 is 23.4 Å². The molecule has 2 rings (SSSR count). The van der Waals surface area contributed by atoms with Gasteiger partial charge in [-0.25, -0.2) is 4.39 Å². The Bertz CT molecular complexity index is 554. The van der Waals surface area contributed by atoms with Crippen molar-refractivity contribution in [3.8, 4) is 0 Å². The van der Waals surface area contributed by atoms with E-state index in [4.69, 9.17) is 11.6 Å². The lowest BCUT2D eigenvalue weighted by atomic mass is 10.0. The zero-order chi connectivity index (χ0) is 13.8. The minimum atomic E-state index is -0.766. The molecule has 0 spiro atoms. The molecule has 100 valence electrons. The van der Waals surface area contributed by atoms with Gasteiger partial charge in [0.15, 0.2) is 0 Å². The molecular weight excluding hydrogens is 283 g/mol. The minimum absolute atomic E-state index is 0.170. The fourth-order valence-corrected chi connectivity index (χ4v) is 2.87. The summed E-state index contributed by atoms with van der Waals surface area (Å²) in [6, 6.07) is 12.1. The summed E-state index contributed by atoms with van der Waals surface area (Å²) >= 11 is 7.53. The Hall–Kier alpha value is -1.03. The third-order valence-electron chi connectivity index (χ3n) is 2.96. The highest BCUT2D eigenvalue weighted by Gasteiger charge is 2.16. The first-order valence-corrected chi connectivity index (χ1v) is 7.47. The number of hydrogen-bond donors (Lipinski definition) is 1. The molecule has 1 nitrogen and oxygen atoms in total. The van der Waals surface area contributed by atoms with E-state index in [1.165, 1.54) is 6.07 Å². The summed E-state index contributed by atoms with van der Waals surface area (Å²) in [5.41, 5.74) is 1.15. The first-order chi connectivity index (χ1) is 9.13. The highest BCUT2D eigenvalue weighted by atomic mass is 35.5. The van der Waals surface area contributed by atoms with Gasteiger partial charge in [0.1, 0.15) is 5.82 Å².